The molecule has 4 heteroatoms. The van der Waals surface area contributed by atoms with Gasteiger partial charge in [0.05, 0.1) is 4.47 Å². The van der Waals surface area contributed by atoms with E-state index in [4.69, 9.17) is 9.47 Å². The lowest BCUT2D eigenvalue weighted by Gasteiger charge is -1.97. The number of fused-ring (bicyclic) bond motifs is 1. The predicted molar refractivity (Wildman–Crippen MR) is 40.2 cm³/mol. The van der Waals surface area contributed by atoms with E-state index in [0.29, 0.717) is 10.2 Å². The van der Waals surface area contributed by atoms with Crippen molar-refractivity contribution in [2.75, 3.05) is 6.79 Å². The molecule has 1 heterocycles. The van der Waals surface area contributed by atoms with Crippen molar-refractivity contribution >= 4 is 15.9 Å². The minimum absolute atomic E-state index is 0.0999. The van der Waals surface area contributed by atoms with Gasteiger partial charge in [-0.15, -0.1) is 0 Å². The Bertz CT molecular complexity index is 301. The van der Waals surface area contributed by atoms with Gasteiger partial charge in [0, 0.05) is 0 Å². The molecule has 0 saturated carbocycles. The monoisotopic (exact) mass is 218 g/mol. The van der Waals surface area contributed by atoms with E-state index in [2.05, 4.69) is 15.9 Å². The van der Waals surface area contributed by atoms with Crippen LogP contribution in [0.4, 0.5) is 4.39 Å². The fraction of sp³-hybridized carbons (Fsp3) is 0.143. The Balaban J connectivity index is 2.62. The maximum Gasteiger partial charge on any atom is 0.231 e. The van der Waals surface area contributed by atoms with Gasteiger partial charge < -0.3 is 9.47 Å². The summed E-state index contributed by atoms with van der Waals surface area (Å²) in [6.45, 7) is 0.0999. The van der Waals surface area contributed by atoms with Crippen molar-refractivity contribution in [1.29, 1.82) is 0 Å². The zero-order chi connectivity index (χ0) is 7.84. The summed E-state index contributed by atoms with van der Waals surface area (Å²) in [7, 11) is 0. The van der Waals surface area contributed by atoms with Crippen molar-refractivity contribution < 1.29 is 13.9 Å². The van der Waals surface area contributed by atoms with E-state index in [0.717, 1.165) is 0 Å². The molecule has 1 aromatic rings. The number of rotatable bonds is 0. The SMILES string of the molecule is Fc1c(Br)ccc2c1OCO2. The molecule has 2 nitrogen and oxygen atoms in total. The Hall–Kier alpha value is -0.770. The Morgan fingerprint density at radius 1 is 1.36 bits per heavy atom. The summed E-state index contributed by atoms with van der Waals surface area (Å²) in [6.07, 6.45) is 0. The van der Waals surface area contributed by atoms with Gasteiger partial charge in [0.25, 0.3) is 0 Å². The van der Waals surface area contributed by atoms with Crippen LogP contribution in [0.15, 0.2) is 16.6 Å². The molecule has 0 radical (unpaired) electrons. The molecule has 0 bridgehead atoms. The minimum Gasteiger partial charge on any atom is -0.453 e. The largest absolute Gasteiger partial charge is 0.453 e. The standard InChI is InChI=1S/C7H4BrFO2/c8-4-1-2-5-7(6(4)9)11-3-10-5/h1-2H,3H2. The highest BCUT2D eigenvalue weighted by Crippen LogP contribution is 2.37. The van der Waals surface area contributed by atoms with E-state index < -0.39 is 5.82 Å². The van der Waals surface area contributed by atoms with Gasteiger partial charge in [-0.3, -0.25) is 0 Å². The molecule has 0 atom stereocenters. The summed E-state index contributed by atoms with van der Waals surface area (Å²) in [5, 5.41) is 0. The first-order valence-electron chi connectivity index (χ1n) is 3.02. The second-order valence-electron chi connectivity index (χ2n) is 2.10. The molecule has 1 aliphatic heterocycles. The van der Waals surface area contributed by atoms with Crippen LogP contribution in [0.1, 0.15) is 0 Å². The molecule has 2 rings (SSSR count). The fourth-order valence-corrected chi connectivity index (χ4v) is 1.23. The average molecular weight is 219 g/mol. The number of ether oxygens (including phenoxy) is 2. The molecule has 1 aliphatic rings. The van der Waals surface area contributed by atoms with Gasteiger partial charge in [-0.05, 0) is 28.1 Å². The summed E-state index contributed by atoms with van der Waals surface area (Å²) in [5.74, 6) is 0.255. The molecular weight excluding hydrogens is 215 g/mol. The first kappa shape index (κ1) is 6.91. The maximum absolute atomic E-state index is 13.1. The van der Waals surface area contributed by atoms with Gasteiger partial charge in [0.1, 0.15) is 0 Å². The van der Waals surface area contributed by atoms with Crippen molar-refractivity contribution in [3.05, 3.63) is 22.4 Å². The van der Waals surface area contributed by atoms with Crippen molar-refractivity contribution in [2.45, 2.75) is 0 Å². The Labute approximate surface area is 71.1 Å². The molecule has 0 N–H and O–H groups in total. The lowest BCUT2D eigenvalue weighted by Crippen LogP contribution is -1.93. The maximum atomic E-state index is 13.1. The molecule has 0 amide bonds. The van der Waals surface area contributed by atoms with E-state index in [1.165, 1.54) is 0 Å². The third-order valence-corrected chi connectivity index (χ3v) is 2.04. The molecule has 58 valence electrons. The quantitative estimate of drug-likeness (QED) is 0.666. The van der Waals surface area contributed by atoms with E-state index >= 15 is 0 Å². The van der Waals surface area contributed by atoms with Crippen LogP contribution in [0.25, 0.3) is 0 Å². The molecule has 0 saturated heterocycles. The molecule has 0 unspecified atom stereocenters. The Morgan fingerprint density at radius 2 is 2.18 bits per heavy atom. The first-order chi connectivity index (χ1) is 5.29. The topological polar surface area (TPSA) is 18.5 Å². The third kappa shape index (κ3) is 0.976. The first-order valence-corrected chi connectivity index (χ1v) is 3.82. The molecule has 1 aromatic carbocycles. The van der Waals surface area contributed by atoms with E-state index in [9.17, 15) is 4.39 Å². The Kier molecular flexibility index (Phi) is 1.49. The highest BCUT2D eigenvalue weighted by atomic mass is 79.9. The Morgan fingerprint density at radius 3 is 3.00 bits per heavy atom. The minimum atomic E-state index is -0.403. The van der Waals surface area contributed by atoms with Crippen LogP contribution in [-0.2, 0) is 0 Å². The van der Waals surface area contributed by atoms with Crippen molar-refractivity contribution in [3.8, 4) is 11.5 Å². The zero-order valence-corrected chi connectivity index (χ0v) is 7.02. The van der Waals surface area contributed by atoms with Crippen molar-refractivity contribution in [2.24, 2.45) is 0 Å². The second-order valence-corrected chi connectivity index (χ2v) is 2.95. The smallest absolute Gasteiger partial charge is 0.231 e. The van der Waals surface area contributed by atoms with Crippen LogP contribution in [0.2, 0.25) is 0 Å². The van der Waals surface area contributed by atoms with E-state index in [-0.39, 0.29) is 12.5 Å². The number of halogens is 2. The lowest BCUT2D eigenvalue weighted by molar-refractivity contribution is 0.171. The van der Waals surface area contributed by atoms with Gasteiger partial charge in [-0.25, -0.2) is 4.39 Å². The summed E-state index contributed by atoms with van der Waals surface area (Å²) in [5.41, 5.74) is 0. The average Bonchev–Trinajstić information content (AvgIpc) is 2.45. The van der Waals surface area contributed by atoms with Crippen LogP contribution >= 0.6 is 15.9 Å². The third-order valence-electron chi connectivity index (χ3n) is 1.43. The summed E-state index contributed by atoms with van der Waals surface area (Å²) in [4.78, 5) is 0. The molecule has 11 heavy (non-hydrogen) atoms. The van der Waals surface area contributed by atoms with Crippen LogP contribution in [0.5, 0.6) is 11.5 Å². The van der Waals surface area contributed by atoms with Crippen molar-refractivity contribution in [3.63, 3.8) is 0 Å². The van der Waals surface area contributed by atoms with Gasteiger partial charge >= 0.3 is 0 Å². The van der Waals surface area contributed by atoms with Gasteiger partial charge in [-0.1, -0.05) is 0 Å². The summed E-state index contributed by atoms with van der Waals surface area (Å²) < 4.78 is 23.3. The number of benzene rings is 1. The number of hydrogen-bond donors (Lipinski definition) is 0. The molecule has 0 fully saturated rings. The second kappa shape index (κ2) is 2.37. The van der Waals surface area contributed by atoms with Crippen LogP contribution in [-0.4, -0.2) is 6.79 Å². The molecular formula is C7H4BrFO2. The van der Waals surface area contributed by atoms with Crippen LogP contribution in [0, 0.1) is 5.82 Å². The molecule has 0 aromatic heterocycles. The number of hydrogen-bond acceptors (Lipinski definition) is 2. The van der Waals surface area contributed by atoms with Gasteiger partial charge in [0.2, 0.25) is 12.5 Å². The summed E-state index contributed by atoms with van der Waals surface area (Å²) >= 11 is 3.04. The summed E-state index contributed by atoms with van der Waals surface area (Å²) in [6, 6.07) is 3.25. The van der Waals surface area contributed by atoms with Crippen LogP contribution in [0.3, 0.4) is 0 Å². The van der Waals surface area contributed by atoms with E-state index in [1.54, 1.807) is 12.1 Å². The van der Waals surface area contributed by atoms with Crippen molar-refractivity contribution in [1.82, 2.24) is 0 Å². The lowest BCUT2D eigenvalue weighted by atomic mass is 10.3. The van der Waals surface area contributed by atoms with Crippen LogP contribution < -0.4 is 9.47 Å². The highest BCUT2D eigenvalue weighted by molar-refractivity contribution is 9.10. The zero-order valence-electron chi connectivity index (χ0n) is 5.43. The van der Waals surface area contributed by atoms with Gasteiger partial charge in [0.15, 0.2) is 11.6 Å². The highest BCUT2D eigenvalue weighted by Gasteiger charge is 2.19. The normalized spacial score (nSPS) is 13.6. The van der Waals surface area contributed by atoms with E-state index in [1.807, 2.05) is 0 Å². The molecule has 0 spiro atoms. The fourth-order valence-electron chi connectivity index (χ4n) is 0.914. The predicted octanol–water partition coefficient (Wildman–Crippen LogP) is 2.32. The molecule has 0 aliphatic carbocycles. The van der Waals surface area contributed by atoms with Gasteiger partial charge in [-0.2, -0.15) is 0 Å².